The third kappa shape index (κ3) is 7.69. The van der Waals surface area contributed by atoms with Crippen LogP contribution in [0.1, 0.15) is 44.6 Å². The quantitative estimate of drug-likeness (QED) is 0.514. The Morgan fingerprint density at radius 1 is 0.867 bits per heavy atom. The highest BCUT2D eigenvalue weighted by Crippen LogP contribution is 2.08. The van der Waals surface area contributed by atoms with Crippen molar-refractivity contribution in [3.05, 3.63) is 35.9 Å². The van der Waals surface area contributed by atoms with Gasteiger partial charge in [0.1, 0.15) is 0 Å². The summed E-state index contributed by atoms with van der Waals surface area (Å²) in [5.41, 5.74) is 1.49. The molecule has 15 heavy (non-hydrogen) atoms. The van der Waals surface area contributed by atoms with E-state index in [-0.39, 0.29) is 0 Å². The van der Waals surface area contributed by atoms with Crippen molar-refractivity contribution in [1.82, 2.24) is 0 Å². The van der Waals surface area contributed by atoms with Gasteiger partial charge >= 0.3 is 0 Å². The Morgan fingerprint density at radius 3 is 2.07 bits per heavy atom. The van der Waals surface area contributed by atoms with Crippen LogP contribution in [0.15, 0.2) is 30.3 Å². The molecule has 1 aromatic carbocycles. The lowest BCUT2D eigenvalue weighted by atomic mass is 10.1. The number of nitrogens with zero attached hydrogens (tertiary/aromatic N) is 2. The van der Waals surface area contributed by atoms with Crippen molar-refractivity contribution in [3.8, 4) is 0 Å². The molecule has 0 fully saturated rings. The number of hydrogen-bond acceptors (Lipinski definition) is 2. The van der Waals surface area contributed by atoms with Gasteiger partial charge in [0.25, 0.3) is 0 Å². The largest absolute Gasteiger partial charge is 0.0654 e. The van der Waals surface area contributed by atoms with E-state index in [9.17, 15) is 0 Å². The van der Waals surface area contributed by atoms with Crippen molar-refractivity contribution in [1.29, 1.82) is 10.8 Å². The van der Waals surface area contributed by atoms with Crippen molar-refractivity contribution < 1.29 is 0 Å². The molecule has 2 nitrogen and oxygen atoms in total. The molecule has 0 saturated heterocycles. The lowest BCUT2D eigenvalue weighted by Gasteiger charge is -2.00. The highest BCUT2D eigenvalue weighted by molar-refractivity contribution is 5.14. The van der Waals surface area contributed by atoms with Crippen LogP contribution in [0.4, 0.5) is 0 Å². The minimum absolute atomic E-state index is 1.25. The van der Waals surface area contributed by atoms with Gasteiger partial charge in [-0.3, -0.25) is 0 Å². The smallest absolute Gasteiger partial charge is 0 e. The molecular weight excluding hydrogens is 184 g/mol. The van der Waals surface area contributed by atoms with Crippen molar-refractivity contribution in [2.75, 3.05) is 0 Å². The summed E-state index contributed by atoms with van der Waals surface area (Å²) in [6, 6.07) is 10.8. The van der Waals surface area contributed by atoms with Crippen LogP contribution in [0.3, 0.4) is 0 Å². The Balaban J connectivity index is 0.000000921. The summed E-state index contributed by atoms with van der Waals surface area (Å²) in [6.07, 6.45) is 8.14. The first-order valence-electron chi connectivity index (χ1n) is 5.67. The molecule has 0 heterocycles. The maximum Gasteiger partial charge on any atom is 0 e. The molecule has 2 heteroatoms. The molecule has 0 radical (unpaired) electrons. The molecule has 0 aliphatic carbocycles. The second-order valence-electron chi connectivity index (χ2n) is 3.65. The molecule has 0 spiro atoms. The second kappa shape index (κ2) is 10.7. The average molecular weight is 204 g/mol. The summed E-state index contributed by atoms with van der Waals surface area (Å²) in [7, 11) is 0. The van der Waals surface area contributed by atoms with Crippen molar-refractivity contribution in [3.63, 3.8) is 0 Å². The van der Waals surface area contributed by atoms with Crippen LogP contribution < -0.4 is 0 Å². The van der Waals surface area contributed by atoms with Crippen LogP contribution in [0, 0.1) is 10.8 Å². The van der Waals surface area contributed by atoms with Crippen LogP contribution in [-0.2, 0) is 6.42 Å². The summed E-state index contributed by atoms with van der Waals surface area (Å²) in [5.74, 6) is 0. The van der Waals surface area contributed by atoms with Gasteiger partial charge in [-0.05, 0) is 18.4 Å². The zero-order valence-electron chi connectivity index (χ0n) is 9.52. The van der Waals surface area contributed by atoms with E-state index in [1.54, 1.807) is 0 Å². The highest BCUT2D eigenvalue weighted by atomic mass is 14.6. The molecule has 1 rings (SSSR count). The van der Waals surface area contributed by atoms with Crippen molar-refractivity contribution in [2.45, 2.75) is 45.4 Å². The van der Waals surface area contributed by atoms with Crippen molar-refractivity contribution >= 4 is 0 Å². The third-order valence-corrected chi connectivity index (χ3v) is 2.41. The first-order valence-corrected chi connectivity index (χ1v) is 5.67. The molecule has 1 aromatic rings. The number of benzene rings is 1. The van der Waals surface area contributed by atoms with Gasteiger partial charge in [-0.15, -0.1) is 0 Å². The fourth-order valence-electron chi connectivity index (χ4n) is 1.58. The SMILES string of the molecule is CCCCCCCc1ccccc1.N#N. The Morgan fingerprint density at radius 2 is 1.47 bits per heavy atom. The Kier molecular flexibility index (Phi) is 9.75. The summed E-state index contributed by atoms with van der Waals surface area (Å²) < 4.78 is 0. The highest BCUT2D eigenvalue weighted by Gasteiger charge is 1.91. The first kappa shape index (κ1) is 13.6. The van der Waals surface area contributed by atoms with Crippen LogP contribution in [0.2, 0.25) is 0 Å². The van der Waals surface area contributed by atoms with Gasteiger partial charge in [-0.1, -0.05) is 62.9 Å². The van der Waals surface area contributed by atoms with E-state index in [4.69, 9.17) is 10.8 Å². The van der Waals surface area contributed by atoms with Gasteiger partial charge in [0, 0.05) is 10.8 Å². The molecule has 0 aliphatic rings. The minimum Gasteiger partial charge on any atom is -0.0654 e. The van der Waals surface area contributed by atoms with E-state index >= 15 is 0 Å². The lowest BCUT2D eigenvalue weighted by Crippen LogP contribution is -1.84. The zero-order chi connectivity index (χ0) is 11.4. The normalized spacial score (nSPS) is 9.00. The number of aryl methyl sites for hydroxylation is 1. The number of unbranched alkanes of at least 4 members (excludes halogenated alkanes) is 4. The van der Waals surface area contributed by atoms with Crippen LogP contribution >= 0.6 is 0 Å². The minimum atomic E-state index is 1.25. The zero-order valence-corrected chi connectivity index (χ0v) is 9.52. The molecule has 82 valence electrons. The Bertz CT molecular complexity index is 241. The van der Waals surface area contributed by atoms with E-state index in [1.165, 1.54) is 44.1 Å². The first-order chi connectivity index (χ1) is 7.43. The Labute approximate surface area is 92.7 Å². The van der Waals surface area contributed by atoms with Gasteiger partial charge in [0.05, 0.1) is 0 Å². The van der Waals surface area contributed by atoms with Gasteiger partial charge in [0.2, 0.25) is 0 Å². The maximum atomic E-state index is 6.00. The fraction of sp³-hybridized carbons (Fsp3) is 0.538. The lowest BCUT2D eigenvalue weighted by molar-refractivity contribution is 0.632. The monoisotopic (exact) mass is 204 g/mol. The van der Waals surface area contributed by atoms with Crippen LogP contribution in [0.25, 0.3) is 0 Å². The van der Waals surface area contributed by atoms with E-state index in [0.29, 0.717) is 0 Å². The predicted octanol–water partition coefficient (Wildman–Crippen LogP) is 4.23. The van der Waals surface area contributed by atoms with Gasteiger partial charge < -0.3 is 0 Å². The van der Waals surface area contributed by atoms with E-state index in [0.717, 1.165) is 0 Å². The average Bonchev–Trinajstić information content (AvgIpc) is 2.33. The third-order valence-electron chi connectivity index (χ3n) is 2.41. The summed E-state index contributed by atoms with van der Waals surface area (Å²) in [5, 5.41) is 12.0. The summed E-state index contributed by atoms with van der Waals surface area (Å²) in [4.78, 5) is 0. The van der Waals surface area contributed by atoms with Gasteiger partial charge in [0.15, 0.2) is 0 Å². The molecule has 0 aromatic heterocycles. The Hall–Kier alpha value is -1.36. The summed E-state index contributed by atoms with van der Waals surface area (Å²) >= 11 is 0. The van der Waals surface area contributed by atoms with E-state index in [2.05, 4.69) is 37.3 Å². The number of hydrogen-bond donors (Lipinski definition) is 0. The molecular formula is C13H20N2. The molecule has 0 aliphatic heterocycles. The molecule has 0 unspecified atom stereocenters. The van der Waals surface area contributed by atoms with Crippen LogP contribution in [-0.4, -0.2) is 0 Å². The van der Waals surface area contributed by atoms with Gasteiger partial charge in [-0.25, -0.2) is 0 Å². The fourth-order valence-corrected chi connectivity index (χ4v) is 1.58. The van der Waals surface area contributed by atoms with Crippen LogP contribution in [0.5, 0.6) is 0 Å². The molecule has 0 atom stereocenters. The topological polar surface area (TPSA) is 47.6 Å². The van der Waals surface area contributed by atoms with Crippen molar-refractivity contribution in [2.24, 2.45) is 0 Å². The molecule has 0 bridgehead atoms. The molecule has 0 N–H and O–H groups in total. The number of rotatable bonds is 6. The van der Waals surface area contributed by atoms with E-state index < -0.39 is 0 Å². The summed E-state index contributed by atoms with van der Waals surface area (Å²) in [6.45, 7) is 2.26. The van der Waals surface area contributed by atoms with E-state index in [1.807, 2.05) is 0 Å². The standard InChI is InChI=1S/C13H20.N2/c1-2-3-4-5-7-10-13-11-8-6-9-12-13;1-2/h6,8-9,11-12H,2-5,7,10H2,1H3;. The molecule has 0 amide bonds. The molecule has 0 saturated carbocycles. The second-order valence-corrected chi connectivity index (χ2v) is 3.65. The predicted molar refractivity (Wildman–Crippen MR) is 62.4 cm³/mol. The maximum absolute atomic E-state index is 6.00. The van der Waals surface area contributed by atoms with Gasteiger partial charge in [-0.2, -0.15) is 0 Å².